The Balaban J connectivity index is 0.00000620. The number of nitrogens with zero attached hydrogens (tertiary/aromatic N) is 4. The zero-order chi connectivity index (χ0) is 40.8. The van der Waals surface area contributed by atoms with E-state index < -0.39 is 82.8 Å². The van der Waals surface area contributed by atoms with Crippen LogP contribution in [0.25, 0.3) is 21.5 Å². The van der Waals surface area contributed by atoms with Crippen LogP contribution in [0.15, 0.2) is 143 Å². The fraction of sp³-hybridized carbons (Fsp3) is 0. The normalized spacial score (nSPS) is 12.9. The minimum atomic E-state index is -5.35. The Morgan fingerprint density at radius 1 is 0.571 bits per heavy atom. The Morgan fingerprint density at radius 2 is 1.11 bits per heavy atom. The number of carbonyl (C=O) groups excluding carboxylic acids is 1. The molecule has 6 aromatic carbocycles. The van der Waals surface area contributed by atoms with Gasteiger partial charge in [0.1, 0.15) is 36.6 Å². The van der Waals surface area contributed by atoms with Gasteiger partial charge < -0.3 is 19.5 Å². The molecule has 0 saturated carbocycles. The molecule has 0 aliphatic rings. The fourth-order valence-electron chi connectivity index (χ4n) is 5.24. The largest absolute Gasteiger partial charge is 0.744 e. The van der Waals surface area contributed by atoms with Gasteiger partial charge in [0, 0.05) is 23.4 Å². The van der Waals surface area contributed by atoms with Crippen molar-refractivity contribution in [2.75, 3.05) is 5.32 Å². The van der Waals surface area contributed by atoms with E-state index in [0.29, 0.717) is 23.5 Å². The predicted molar refractivity (Wildman–Crippen MR) is 196 cm³/mol. The number of anilines is 1. The highest BCUT2D eigenvalue weighted by atomic mass is 32.2. The van der Waals surface area contributed by atoms with Crippen LogP contribution >= 0.6 is 0 Å². The van der Waals surface area contributed by atoms with Crippen molar-refractivity contribution < 1.29 is 63.2 Å². The first-order valence-corrected chi connectivity index (χ1v) is 20.9. The van der Waals surface area contributed by atoms with E-state index in [2.05, 4.69) is 25.8 Å². The van der Waals surface area contributed by atoms with Crippen molar-refractivity contribution in [3.05, 3.63) is 109 Å². The summed E-state index contributed by atoms with van der Waals surface area (Å²) in [7, 11) is -20.2. The van der Waals surface area contributed by atoms with Gasteiger partial charge in [-0.25, -0.2) is 16.8 Å². The lowest BCUT2D eigenvalue weighted by Gasteiger charge is -2.14. The molecule has 0 unspecified atom stereocenters. The second kappa shape index (κ2) is 14.5. The van der Waals surface area contributed by atoms with Crippen molar-refractivity contribution in [1.29, 1.82) is 0 Å². The van der Waals surface area contributed by atoms with Gasteiger partial charge in [0.2, 0.25) is 0 Å². The molecule has 0 aliphatic heterocycles. The summed E-state index contributed by atoms with van der Waals surface area (Å²) in [5, 5.41) is 28.3. The number of azo groups is 2. The van der Waals surface area contributed by atoms with Crippen molar-refractivity contribution in [1.82, 2.24) is 0 Å². The average Bonchev–Trinajstić information content (AvgIpc) is 3.11. The molecule has 6 aromatic rings. The number of phenolic OH excluding ortho intramolecular Hbond substituents is 1. The molecule has 0 aromatic heterocycles. The molecule has 6 rings (SSSR count). The molecular formula is C33H23N5O14S4-2. The summed E-state index contributed by atoms with van der Waals surface area (Å²) in [6.07, 6.45) is 0. The molecular weight excluding hydrogens is 819 g/mol. The maximum absolute atomic E-state index is 12.9. The molecule has 0 radical (unpaired) electrons. The Bertz CT molecular complexity index is 3130. The van der Waals surface area contributed by atoms with E-state index in [9.17, 15) is 61.8 Å². The topological polar surface area (TPSA) is 322 Å². The number of nitrogens with one attached hydrogen (secondary N) is 1. The van der Waals surface area contributed by atoms with Crippen LogP contribution in [-0.4, -0.2) is 62.9 Å². The lowest BCUT2D eigenvalue weighted by molar-refractivity contribution is 0.102. The van der Waals surface area contributed by atoms with E-state index in [1.165, 1.54) is 66.7 Å². The molecule has 23 heteroatoms. The van der Waals surface area contributed by atoms with Crippen LogP contribution in [0.5, 0.6) is 5.75 Å². The van der Waals surface area contributed by atoms with Gasteiger partial charge in [-0.2, -0.15) is 32.2 Å². The van der Waals surface area contributed by atoms with Crippen molar-refractivity contribution in [3.8, 4) is 5.75 Å². The third-order valence-corrected chi connectivity index (χ3v) is 11.2. The molecule has 290 valence electrons. The number of hydrogen-bond acceptors (Lipinski definition) is 16. The van der Waals surface area contributed by atoms with Crippen molar-refractivity contribution >= 4 is 96.4 Å². The Labute approximate surface area is 318 Å². The molecule has 0 fully saturated rings. The third kappa shape index (κ3) is 8.74. The molecule has 0 saturated heterocycles. The minimum Gasteiger partial charge on any atom is -0.744 e. The van der Waals surface area contributed by atoms with Gasteiger partial charge in [-0.1, -0.05) is 12.1 Å². The van der Waals surface area contributed by atoms with Gasteiger partial charge in [0.05, 0.1) is 31.7 Å². The van der Waals surface area contributed by atoms with Crippen molar-refractivity contribution in [2.24, 2.45) is 20.5 Å². The second-order valence-corrected chi connectivity index (χ2v) is 17.1. The van der Waals surface area contributed by atoms with Gasteiger partial charge in [-0.15, -0.1) is 5.11 Å². The smallest absolute Gasteiger partial charge is 0.295 e. The van der Waals surface area contributed by atoms with Crippen molar-refractivity contribution in [3.63, 3.8) is 0 Å². The van der Waals surface area contributed by atoms with Crippen LogP contribution in [0.2, 0.25) is 0 Å². The summed E-state index contributed by atoms with van der Waals surface area (Å²) in [6.45, 7) is 0. The van der Waals surface area contributed by atoms with Crippen LogP contribution < -0.4 is 5.32 Å². The summed E-state index contributed by atoms with van der Waals surface area (Å²) in [5.74, 6) is -1.15. The van der Waals surface area contributed by atoms with Crippen LogP contribution in [0.4, 0.5) is 28.4 Å². The van der Waals surface area contributed by atoms with E-state index in [1.54, 1.807) is 0 Å². The van der Waals surface area contributed by atoms with E-state index >= 15 is 0 Å². The quantitative estimate of drug-likeness (QED) is 0.0865. The number of benzene rings is 6. The Hall–Kier alpha value is -6.05. The number of rotatable bonds is 10. The zero-order valence-electron chi connectivity index (χ0n) is 27.6. The summed E-state index contributed by atoms with van der Waals surface area (Å²) in [4.78, 5) is 9.31. The number of aromatic hydroxyl groups is 1. The molecule has 0 spiro atoms. The van der Waals surface area contributed by atoms with Crippen LogP contribution in [0.1, 0.15) is 11.8 Å². The van der Waals surface area contributed by atoms with Crippen LogP contribution in [-0.2, 0) is 40.5 Å². The van der Waals surface area contributed by atoms with Crippen LogP contribution in [0.3, 0.4) is 0 Å². The summed E-state index contributed by atoms with van der Waals surface area (Å²) in [5.41, 5.74) is 0.564. The maximum Gasteiger partial charge on any atom is 0.295 e. The van der Waals surface area contributed by atoms with Crippen LogP contribution in [0, 0.1) is 0 Å². The van der Waals surface area contributed by atoms with Gasteiger partial charge >= 0.3 is 0 Å². The maximum atomic E-state index is 12.9. The van der Waals surface area contributed by atoms with Gasteiger partial charge in [-0.05, 0) is 102 Å². The number of amides is 1. The summed E-state index contributed by atoms with van der Waals surface area (Å²) >= 11 is 0. The van der Waals surface area contributed by atoms with E-state index in [1.807, 2.05) is 0 Å². The second-order valence-electron chi connectivity index (χ2n) is 11.6. The number of hydrogen-bond donors (Lipinski definition) is 4. The monoisotopic (exact) mass is 841 g/mol. The van der Waals surface area contributed by atoms with Crippen molar-refractivity contribution in [2.45, 2.75) is 19.6 Å². The predicted octanol–water partition coefficient (Wildman–Crippen LogP) is 6.33. The Morgan fingerprint density at radius 3 is 1.70 bits per heavy atom. The standard InChI is InChI=1S/C33H23N5O14S4.H2/c39-28-12-4-20-14-26(54(44,45)46)17-30(56(50,51)52)31(20)32(28)38-36-22-5-1-18(2-6-22)33(40)34-21-8-10-23(11-9-21)35-37-24-7-3-19-13-25(53(41,42)43)16-29(27(19)15-24)55(47,48)49;/h1-17,39H,(H,34,40)(H,41,42,43)(H,44,45,46)(H,47,48,49)(H,50,51,52);1H/p-2. The molecule has 1 amide bonds. The van der Waals surface area contributed by atoms with Gasteiger partial charge in [-0.3, -0.25) is 13.9 Å². The van der Waals surface area contributed by atoms with Gasteiger partial charge in [0.15, 0.2) is 0 Å². The highest BCUT2D eigenvalue weighted by molar-refractivity contribution is 7.87. The lowest BCUT2D eigenvalue weighted by atomic mass is 10.1. The highest BCUT2D eigenvalue weighted by Gasteiger charge is 2.21. The number of phenols is 1. The summed E-state index contributed by atoms with van der Waals surface area (Å²) < 4.78 is 137. The molecule has 56 heavy (non-hydrogen) atoms. The number of carbonyl (C=O) groups is 1. The van der Waals surface area contributed by atoms with E-state index in [-0.39, 0.29) is 34.5 Å². The molecule has 0 bridgehead atoms. The fourth-order valence-corrected chi connectivity index (χ4v) is 7.93. The third-order valence-electron chi connectivity index (χ3n) is 7.81. The lowest BCUT2D eigenvalue weighted by Crippen LogP contribution is -2.11. The molecule has 4 N–H and O–H groups in total. The van der Waals surface area contributed by atoms with E-state index in [0.717, 1.165) is 24.3 Å². The SMILES string of the molecule is O=C(Nc1ccc(N=Nc2ccc3cc(S(=O)(=O)[O-])cc(S(=O)(=O)O)c3c2)cc1)c1ccc(N=Nc2c(O)ccc3cc(S(=O)(=O)O)cc(S(=O)(=O)[O-])c23)cc1.[HH]. The number of fused-ring (bicyclic) bond motifs is 2. The zero-order valence-corrected chi connectivity index (χ0v) is 30.8. The minimum absolute atomic E-state index is 0. The summed E-state index contributed by atoms with van der Waals surface area (Å²) in [6, 6.07) is 20.4. The Kier molecular flexibility index (Phi) is 10.3. The molecule has 19 nitrogen and oxygen atoms in total. The molecule has 0 heterocycles. The molecule has 0 aliphatic carbocycles. The first kappa shape index (κ1) is 39.6. The van der Waals surface area contributed by atoms with Gasteiger partial charge in [0.25, 0.3) is 26.1 Å². The van der Waals surface area contributed by atoms with E-state index in [4.69, 9.17) is 0 Å². The highest BCUT2D eigenvalue weighted by Crippen LogP contribution is 2.41. The first-order chi connectivity index (χ1) is 26.1. The molecule has 0 atom stereocenters. The first-order valence-electron chi connectivity index (χ1n) is 15.2. The average molecular weight is 842 g/mol.